The Kier molecular flexibility index (Phi) is 4.35. The number of aliphatic hydroxyl groups is 1. The fourth-order valence-electron chi connectivity index (χ4n) is 2.00. The van der Waals surface area contributed by atoms with Gasteiger partial charge in [0.05, 0.1) is 6.61 Å². The molecule has 14 heavy (non-hydrogen) atoms. The lowest BCUT2D eigenvalue weighted by molar-refractivity contribution is 0.0124. The van der Waals surface area contributed by atoms with Crippen molar-refractivity contribution in [2.24, 2.45) is 5.92 Å². The third-order valence-corrected chi connectivity index (χ3v) is 3.63. The van der Waals surface area contributed by atoms with Crippen molar-refractivity contribution in [1.82, 2.24) is 10.2 Å². The second kappa shape index (κ2) is 5.10. The molecule has 1 fully saturated rings. The van der Waals surface area contributed by atoms with E-state index in [9.17, 15) is 5.11 Å². The van der Waals surface area contributed by atoms with Gasteiger partial charge in [0.1, 0.15) is 0 Å². The van der Waals surface area contributed by atoms with Gasteiger partial charge in [0, 0.05) is 25.2 Å². The quantitative estimate of drug-likeness (QED) is 0.703. The van der Waals surface area contributed by atoms with Crippen LogP contribution in [0.15, 0.2) is 0 Å². The Hall–Kier alpha value is -0.120. The molecule has 0 aliphatic carbocycles. The van der Waals surface area contributed by atoms with Crippen molar-refractivity contribution in [3.63, 3.8) is 0 Å². The van der Waals surface area contributed by atoms with Crippen LogP contribution in [0.4, 0.5) is 0 Å². The molecule has 0 spiro atoms. The Bertz CT molecular complexity index is 165. The summed E-state index contributed by atoms with van der Waals surface area (Å²) in [5, 5.41) is 12.9. The Labute approximate surface area is 87.5 Å². The van der Waals surface area contributed by atoms with Crippen molar-refractivity contribution in [2.45, 2.75) is 32.7 Å². The number of rotatable bonds is 3. The zero-order valence-electron chi connectivity index (χ0n) is 9.71. The van der Waals surface area contributed by atoms with Gasteiger partial charge in [-0.15, -0.1) is 0 Å². The van der Waals surface area contributed by atoms with Gasteiger partial charge in [0.25, 0.3) is 0 Å². The molecule has 1 heterocycles. The molecule has 0 amide bonds. The van der Waals surface area contributed by atoms with Gasteiger partial charge in [0.15, 0.2) is 0 Å². The van der Waals surface area contributed by atoms with Gasteiger partial charge in [-0.3, -0.25) is 4.90 Å². The molecule has 0 aromatic heterocycles. The largest absolute Gasteiger partial charge is 0.394 e. The van der Waals surface area contributed by atoms with E-state index in [1.165, 1.54) is 6.42 Å². The van der Waals surface area contributed by atoms with Crippen LogP contribution in [-0.4, -0.2) is 48.3 Å². The van der Waals surface area contributed by atoms with E-state index in [-0.39, 0.29) is 12.1 Å². The van der Waals surface area contributed by atoms with Crippen molar-refractivity contribution in [2.75, 3.05) is 32.8 Å². The predicted octanol–water partition coefficient (Wildman–Crippen LogP) is 0.689. The van der Waals surface area contributed by atoms with E-state index in [1.807, 2.05) is 0 Å². The molecule has 3 heteroatoms. The van der Waals surface area contributed by atoms with E-state index in [4.69, 9.17) is 0 Å². The van der Waals surface area contributed by atoms with Gasteiger partial charge in [-0.1, -0.05) is 13.8 Å². The third-order valence-electron chi connectivity index (χ3n) is 3.63. The normalized spacial score (nSPS) is 24.6. The van der Waals surface area contributed by atoms with Crippen molar-refractivity contribution in [3.8, 4) is 0 Å². The lowest BCUT2D eigenvalue weighted by Gasteiger charge is -2.42. The number of aliphatic hydroxyl groups excluding tert-OH is 1. The monoisotopic (exact) mass is 200 g/mol. The van der Waals surface area contributed by atoms with Crippen LogP contribution in [0, 0.1) is 5.92 Å². The maximum Gasteiger partial charge on any atom is 0.0615 e. The Morgan fingerprint density at radius 3 is 2.64 bits per heavy atom. The SMILES string of the molecule is CC(C)C(C)(CO)N1CCCNCC1. The molecule has 0 bridgehead atoms. The fraction of sp³-hybridized carbons (Fsp3) is 1.00. The first-order valence-corrected chi connectivity index (χ1v) is 5.68. The first kappa shape index (κ1) is 12.0. The van der Waals surface area contributed by atoms with Crippen LogP contribution in [0.5, 0.6) is 0 Å². The van der Waals surface area contributed by atoms with E-state index in [1.54, 1.807) is 0 Å². The smallest absolute Gasteiger partial charge is 0.0615 e. The average molecular weight is 200 g/mol. The molecule has 1 rings (SSSR count). The van der Waals surface area contributed by atoms with Gasteiger partial charge in [-0.25, -0.2) is 0 Å². The lowest BCUT2D eigenvalue weighted by atomic mass is 9.87. The highest BCUT2D eigenvalue weighted by molar-refractivity contribution is 4.89. The zero-order chi connectivity index (χ0) is 10.6. The van der Waals surface area contributed by atoms with E-state index in [2.05, 4.69) is 31.0 Å². The molecule has 0 saturated carbocycles. The summed E-state index contributed by atoms with van der Waals surface area (Å²) in [6.45, 7) is 11.1. The van der Waals surface area contributed by atoms with Gasteiger partial charge in [-0.2, -0.15) is 0 Å². The first-order valence-electron chi connectivity index (χ1n) is 5.68. The minimum atomic E-state index is -0.0496. The van der Waals surface area contributed by atoms with E-state index in [0.29, 0.717) is 5.92 Å². The summed E-state index contributed by atoms with van der Waals surface area (Å²) < 4.78 is 0. The average Bonchev–Trinajstić information content (AvgIpc) is 2.44. The van der Waals surface area contributed by atoms with Gasteiger partial charge in [-0.05, 0) is 25.8 Å². The highest BCUT2D eigenvalue weighted by Gasteiger charge is 2.34. The fourth-order valence-corrected chi connectivity index (χ4v) is 2.00. The molecule has 1 aliphatic rings. The van der Waals surface area contributed by atoms with Crippen molar-refractivity contribution in [3.05, 3.63) is 0 Å². The van der Waals surface area contributed by atoms with Crippen LogP contribution in [0.1, 0.15) is 27.2 Å². The van der Waals surface area contributed by atoms with E-state index in [0.717, 1.165) is 26.2 Å². The number of nitrogens with one attached hydrogen (secondary N) is 1. The molecular formula is C11H24N2O. The molecular weight excluding hydrogens is 176 g/mol. The first-order chi connectivity index (χ1) is 6.61. The zero-order valence-corrected chi connectivity index (χ0v) is 9.71. The summed E-state index contributed by atoms with van der Waals surface area (Å²) >= 11 is 0. The molecule has 3 nitrogen and oxygen atoms in total. The van der Waals surface area contributed by atoms with Crippen molar-refractivity contribution < 1.29 is 5.11 Å². The molecule has 0 aromatic carbocycles. The van der Waals surface area contributed by atoms with Gasteiger partial charge < -0.3 is 10.4 Å². The standard InChI is InChI=1S/C11H24N2O/c1-10(2)11(3,9-14)13-7-4-5-12-6-8-13/h10,12,14H,4-9H2,1-3H3. The van der Waals surface area contributed by atoms with Crippen LogP contribution in [-0.2, 0) is 0 Å². The minimum Gasteiger partial charge on any atom is -0.394 e. The molecule has 1 atom stereocenters. The van der Waals surface area contributed by atoms with Crippen LogP contribution in [0.2, 0.25) is 0 Å². The Balaban J connectivity index is 2.66. The summed E-state index contributed by atoms with van der Waals surface area (Å²) in [6, 6.07) is 0. The second-order valence-corrected chi connectivity index (χ2v) is 4.76. The number of hydrogen-bond acceptors (Lipinski definition) is 3. The van der Waals surface area contributed by atoms with E-state index >= 15 is 0 Å². The summed E-state index contributed by atoms with van der Waals surface area (Å²) in [4.78, 5) is 2.43. The van der Waals surface area contributed by atoms with Crippen LogP contribution < -0.4 is 5.32 Å². The van der Waals surface area contributed by atoms with Crippen molar-refractivity contribution in [1.29, 1.82) is 0 Å². The summed E-state index contributed by atoms with van der Waals surface area (Å²) in [5.41, 5.74) is -0.0496. The predicted molar refractivity (Wildman–Crippen MR) is 59.4 cm³/mol. The highest BCUT2D eigenvalue weighted by atomic mass is 16.3. The molecule has 84 valence electrons. The topological polar surface area (TPSA) is 35.5 Å². The van der Waals surface area contributed by atoms with Crippen molar-refractivity contribution >= 4 is 0 Å². The maximum absolute atomic E-state index is 9.54. The Morgan fingerprint density at radius 2 is 2.07 bits per heavy atom. The minimum absolute atomic E-state index is 0.0496. The van der Waals surface area contributed by atoms with Gasteiger partial charge in [0.2, 0.25) is 0 Å². The number of nitrogens with zero attached hydrogens (tertiary/aromatic N) is 1. The molecule has 1 aliphatic heterocycles. The molecule has 0 radical (unpaired) electrons. The summed E-state index contributed by atoms with van der Waals surface area (Å²) in [6.07, 6.45) is 1.18. The van der Waals surface area contributed by atoms with E-state index < -0.39 is 0 Å². The molecule has 1 saturated heterocycles. The van der Waals surface area contributed by atoms with Gasteiger partial charge >= 0.3 is 0 Å². The lowest BCUT2D eigenvalue weighted by Crippen LogP contribution is -2.54. The van der Waals surface area contributed by atoms with Crippen LogP contribution >= 0.6 is 0 Å². The second-order valence-electron chi connectivity index (χ2n) is 4.76. The highest BCUT2D eigenvalue weighted by Crippen LogP contribution is 2.24. The molecule has 2 N–H and O–H groups in total. The molecule has 0 aromatic rings. The Morgan fingerprint density at radius 1 is 1.36 bits per heavy atom. The summed E-state index contributed by atoms with van der Waals surface area (Å²) in [7, 11) is 0. The third kappa shape index (κ3) is 2.47. The van der Waals surface area contributed by atoms with Crippen LogP contribution in [0.25, 0.3) is 0 Å². The van der Waals surface area contributed by atoms with Crippen LogP contribution in [0.3, 0.4) is 0 Å². The molecule has 1 unspecified atom stereocenters. The number of hydrogen-bond donors (Lipinski definition) is 2. The maximum atomic E-state index is 9.54. The summed E-state index contributed by atoms with van der Waals surface area (Å²) in [5.74, 6) is 0.491.